The van der Waals surface area contributed by atoms with Crippen LogP contribution in [-0.2, 0) is 9.59 Å². The minimum Gasteiger partial charge on any atom is -0.481 e. The van der Waals surface area contributed by atoms with Gasteiger partial charge in [0, 0.05) is 24.9 Å². The van der Waals surface area contributed by atoms with Crippen LogP contribution in [0, 0.1) is 5.92 Å². The molecule has 0 heterocycles. The molecule has 1 atom stereocenters. The van der Waals surface area contributed by atoms with E-state index >= 15 is 0 Å². The molecule has 0 saturated heterocycles. The van der Waals surface area contributed by atoms with Crippen LogP contribution in [0.15, 0.2) is 0 Å². The van der Waals surface area contributed by atoms with Crippen LogP contribution in [0.2, 0.25) is 0 Å². The van der Waals surface area contributed by atoms with Gasteiger partial charge >= 0.3 is 5.97 Å². The Morgan fingerprint density at radius 3 is 2.21 bits per heavy atom. The van der Waals surface area contributed by atoms with E-state index in [1.54, 1.807) is 0 Å². The van der Waals surface area contributed by atoms with Crippen LogP contribution in [-0.4, -0.2) is 34.5 Å². The minimum absolute atomic E-state index is 0.0900. The molecule has 0 radical (unpaired) electrons. The highest BCUT2D eigenvalue weighted by Crippen LogP contribution is 2.18. The van der Waals surface area contributed by atoms with Gasteiger partial charge in [0.05, 0.1) is 0 Å². The number of carbonyl (C=O) groups is 2. The minimum atomic E-state index is -0.797. The van der Waals surface area contributed by atoms with E-state index in [0.29, 0.717) is 13.0 Å². The van der Waals surface area contributed by atoms with Gasteiger partial charge < -0.3 is 10.0 Å². The third-order valence-corrected chi connectivity index (χ3v) is 3.44. The van der Waals surface area contributed by atoms with Gasteiger partial charge in [-0.25, -0.2) is 0 Å². The maximum Gasteiger partial charge on any atom is 0.303 e. The van der Waals surface area contributed by atoms with E-state index in [2.05, 4.69) is 6.92 Å². The fourth-order valence-electron chi connectivity index (χ4n) is 2.21. The predicted octanol–water partition coefficient (Wildman–Crippen LogP) is 3.30. The number of carboxylic acids is 1. The Morgan fingerprint density at radius 1 is 1.16 bits per heavy atom. The van der Waals surface area contributed by atoms with Gasteiger partial charge in [-0.15, -0.1) is 0 Å². The molecule has 0 aromatic rings. The molecule has 0 saturated carbocycles. The van der Waals surface area contributed by atoms with E-state index in [1.807, 2.05) is 25.7 Å². The number of carboxylic acid groups (broad SMARTS) is 1. The molecule has 0 aliphatic rings. The standard InChI is InChI=1S/C15H29NO3/c1-5-7-9-13(6-2)15(19)16(12(3)4)11-8-10-14(17)18/h12-13H,5-11H2,1-4H3,(H,17,18). The van der Waals surface area contributed by atoms with Crippen molar-refractivity contribution in [1.82, 2.24) is 4.90 Å². The zero-order valence-corrected chi connectivity index (χ0v) is 12.8. The van der Waals surface area contributed by atoms with Crippen molar-refractivity contribution in [3.63, 3.8) is 0 Å². The van der Waals surface area contributed by atoms with Crippen molar-refractivity contribution in [2.75, 3.05) is 6.54 Å². The Balaban J connectivity index is 4.48. The van der Waals surface area contributed by atoms with Crippen LogP contribution in [0.25, 0.3) is 0 Å². The molecule has 0 aromatic heterocycles. The second kappa shape index (κ2) is 9.82. The Hall–Kier alpha value is -1.06. The highest BCUT2D eigenvalue weighted by molar-refractivity contribution is 5.79. The highest BCUT2D eigenvalue weighted by Gasteiger charge is 2.24. The third-order valence-electron chi connectivity index (χ3n) is 3.44. The summed E-state index contributed by atoms with van der Waals surface area (Å²) in [6, 6.07) is 0.136. The summed E-state index contributed by atoms with van der Waals surface area (Å²) in [7, 11) is 0. The van der Waals surface area contributed by atoms with E-state index in [0.717, 1.165) is 25.7 Å². The lowest BCUT2D eigenvalue weighted by molar-refractivity contribution is -0.140. The number of carbonyl (C=O) groups excluding carboxylic acids is 1. The quantitative estimate of drug-likeness (QED) is 0.663. The fourth-order valence-corrected chi connectivity index (χ4v) is 2.21. The van der Waals surface area contributed by atoms with Gasteiger partial charge in [0.15, 0.2) is 0 Å². The highest BCUT2D eigenvalue weighted by atomic mass is 16.4. The lowest BCUT2D eigenvalue weighted by atomic mass is 9.97. The van der Waals surface area contributed by atoms with Crippen molar-refractivity contribution in [2.45, 2.75) is 72.3 Å². The molecule has 0 aromatic carbocycles. The van der Waals surface area contributed by atoms with E-state index in [9.17, 15) is 9.59 Å². The molecule has 0 fully saturated rings. The van der Waals surface area contributed by atoms with Gasteiger partial charge in [-0.3, -0.25) is 9.59 Å². The molecule has 0 bridgehead atoms. The summed E-state index contributed by atoms with van der Waals surface area (Å²) in [5.41, 5.74) is 0. The molecule has 4 heteroatoms. The molecule has 1 unspecified atom stereocenters. The van der Waals surface area contributed by atoms with Crippen molar-refractivity contribution in [2.24, 2.45) is 5.92 Å². The number of hydrogen-bond acceptors (Lipinski definition) is 2. The number of amides is 1. The summed E-state index contributed by atoms with van der Waals surface area (Å²) in [6.07, 6.45) is 4.64. The van der Waals surface area contributed by atoms with Crippen LogP contribution in [0.3, 0.4) is 0 Å². The average molecular weight is 271 g/mol. The molecule has 19 heavy (non-hydrogen) atoms. The number of rotatable bonds is 10. The first-order valence-corrected chi connectivity index (χ1v) is 7.46. The lowest BCUT2D eigenvalue weighted by Gasteiger charge is -2.30. The van der Waals surface area contributed by atoms with Gasteiger partial charge in [0.1, 0.15) is 0 Å². The molecule has 4 nitrogen and oxygen atoms in total. The third kappa shape index (κ3) is 7.19. The Kier molecular flexibility index (Phi) is 9.27. The van der Waals surface area contributed by atoms with Gasteiger partial charge in [-0.2, -0.15) is 0 Å². The van der Waals surface area contributed by atoms with Crippen LogP contribution < -0.4 is 0 Å². The molecule has 112 valence electrons. The molecular weight excluding hydrogens is 242 g/mol. The molecular formula is C15H29NO3. The van der Waals surface area contributed by atoms with Crippen LogP contribution in [0.4, 0.5) is 0 Å². The molecule has 1 N–H and O–H groups in total. The van der Waals surface area contributed by atoms with E-state index < -0.39 is 5.97 Å². The largest absolute Gasteiger partial charge is 0.481 e. The first kappa shape index (κ1) is 17.9. The maximum absolute atomic E-state index is 12.5. The monoisotopic (exact) mass is 271 g/mol. The van der Waals surface area contributed by atoms with Crippen LogP contribution >= 0.6 is 0 Å². The van der Waals surface area contributed by atoms with Crippen molar-refractivity contribution in [3.05, 3.63) is 0 Å². The molecule has 0 aliphatic carbocycles. The normalized spacial score (nSPS) is 12.5. The predicted molar refractivity (Wildman–Crippen MR) is 77.0 cm³/mol. The number of hydrogen-bond donors (Lipinski definition) is 1. The molecule has 1 amide bonds. The molecule has 0 aliphatic heterocycles. The average Bonchev–Trinajstić information content (AvgIpc) is 2.34. The van der Waals surface area contributed by atoms with Gasteiger partial charge in [-0.1, -0.05) is 26.7 Å². The Labute approximate surface area is 117 Å². The second-order valence-electron chi connectivity index (χ2n) is 5.37. The van der Waals surface area contributed by atoms with E-state index in [-0.39, 0.29) is 24.3 Å². The summed E-state index contributed by atoms with van der Waals surface area (Å²) in [5.74, 6) is -0.516. The van der Waals surface area contributed by atoms with Crippen LogP contribution in [0.1, 0.15) is 66.2 Å². The zero-order chi connectivity index (χ0) is 14.8. The Bertz CT molecular complexity index is 277. The smallest absolute Gasteiger partial charge is 0.303 e. The first-order valence-electron chi connectivity index (χ1n) is 7.46. The SMILES string of the molecule is CCCCC(CC)C(=O)N(CCCC(=O)O)C(C)C. The first-order chi connectivity index (χ1) is 8.93. The summed E-state index contributed by atoms with van der Waals surface area (Å²) in [5, 5.41) is 8.67. The van der Waals surface area contributed by atoms with Crippen molar-refractivity contribution in [1.29, 1.82) is 0 Å². The van der Waals surface area contributed by atoms with Crippen molar-refractivity contribution in [3.8, 4) is 0 Å². The molecule has 0 spiro atoms. The number of aliphatic carboxylic acids is 1. The van der Waals surface area contributed by atoms with Gasteiger partial charge in [0.25, 0.3) is 0 Å². The second-order valence-corrected chi connectivity index (χ2v) is 5.37. The zero-order valence-electron chi connectivity index (χ0n) is 12.8. The topological polar surface area (TPSA) is 57.6 Å². The summed E-state index contributed by atoms with van der Waals surface area (Å²) < 4.78 is 0. The summed E-state index contributed by atoms with van der Waals surface area (Å²) in [4.78, 5) is 24.9. The van der Waals surface area contributed by atoms with E-state index in [4.69, 9.17) is 5.11 Å². The molecule has 0 rings (SSSR count). The van der Waals surface area contributed by atoms with Crippen LogP contribution in [0.5, 0.6) is 0 Å². The maximum atomic E-state index is 12.5. The Morgan fingerprint density at radius 2 is 1.79 bits per heavy atom. The van der Waals surface area contributed by atoms with Crippen molar-refractivity contribution < 1.29 is 14.7 Å². The van der Waals surface area contributed by atoms with E-state index in [1.165, 1.54) is 0 Å². The number of nitrogens with zero attached hydrogens (tertiary/aromatic N) is 1. The fraction of sp³-hybridized carbons (Fsp3) is 0.867. The van der Waals surface area contributed by atoms with Gasteiger partial charge in [-0.05, 0) is 33.1 Å². The van der Waals surface area contributed by atoms with Gasteiger partial charge in [0.2, 0.25) is 5.91 Å². The number of unbranched alkanes of at least 4 members (excludes halogenated alkanes) is 1. The van der Waals surface area contributed by atoms with Crippen molar-refractivity contribution >= 4 is 11.9 Å². The lowest BCUT2D eigenvalue weighted by Crippen LogP contribution is -2.41. The summed E-state index contributed by atoms with van der Waals surface area (Å²) in [6.45, 7) is 8.71. The summed E-state index contributed by atoms with van der Waals surface area (Å²) >= 11 is 0.